The quantitative estimate of drug-likeness (QED) is 0.785. The van der Waals surface area contributed by atoms with Crippen molar-refractivity contribution in [2.24, 2.45) is 7.05 Å². The van der Waals surface area contributed by atoms with Crippen LogP contribution < -0.4 is 5.32 Å². The molecule has 0 radical (unpaired) electrons. The van der Waals surface area contributed by atoms with E-state index in [1.165, 1.54) is 0 Å². The third-order valence-electron chi connectivity index (χ3n) is 3.80. The zero-order valence-electron chi connectivity index (χ0n) is 14.1. The Morgan fingerprint density at radius 3 is 2.58 bits per heavy atom. The second-order valence-electron chi connectivity index (χ2n) is 6.06. The topological polar surface area (TPSA) is 64.7 Å². The number of nitrogens with one attached hydrogen (secondary N) is 1. The van der Waals surface area contributed by atoms with Crippen LogP contribution in [0.2, 0.25) is 0 Å². The number of hydrogen-bond donors (Lipinski definition) is 1. The molecule has 0 saturated carbocycles. The number of hydrogen-bond acceptors (Lipinski definition) is 3. The first kappa shape index (κ1) is 16.0. The number of aromatic nitrogens is 4. The molecule has 3 rings (SSSR count). The first-order valence-electron chi connectivity index (χ1n) is 7.95. The Morgan fingerprint density at radius 2 is 1.96 bits per heavy atom. The number of benzene rings is 1. The van der Waals surface area contributed by atoms with Gasteiger partial charge >= 0.3 is 0 Å². The number of para-hydroxylation sites is 1. The molecule has 0 spiro atoms. The van der Waals surface area contributed by atoms with Crippen LogP contribution in [-0.4, -0.2) is 25.5 Å². The van der Waals surface area contributed by atoms with Crippen molar-refractivity contribution >= 4 is 5.91 Å². The minimum atomic E-state index is -0.134. The second kappa shape index (κ2) is 6.70. The van der Waals surface area contributed by atoms with E-state index in [1.54, 1.807) is 24.1 Å². The molecule has 0 aliphatic heterocycles. The number of aryl methyl sites for hydroxylation is 1. The Morgan fingerprint density at radius 1 is 1.21 bits per heavy atom. The summed E-state index contributed by atoms with van der Waals surface area (Å²) in [5.41, 5.74) is 3.57. The average Bonchev–Trinajstić information content (AvgIpc) is 3.20. The van der Waals surface area contributed by atoms with E-state index in [1.807, 2.05) is 41.2 Å². The average molecular weight is 323 g/mol. The van der Waals surface area contributed by atoms with Gasteiger partial charge in [0.15, 0.2) is 0 Å². The van der Waals surface area contributed by atoms with Crippen LogP contribution in [0.1, 0.15) is 41.4 Å². The summed E-state index contributed by atoms with van der Waals surface area (Å²) in [6.45, 7) is 4.64. The van der Waals surface area contributed by atoms with E-state index >= 15 is 0 Å². The smallest absolute Gasteiger partial charge is 0.254 e. The number of nitrogens with zero attached hydrogens (tertiary/aromatic N) is 4. The van der Waals surface area contributed by atoms with Crippen LogP contribution in [-0.2, 0) is 13.6 Å². The first-order valence-corrected chi connectivity index (χ1v) is 7.95. The molecule has 2 aromatic heterocycles. The Hall–Kier alpha value is -2.89. The van der Waals surface area contributed by atoms with Gasteiger partial charge in [-0.15, -0.1) is 0 Å². The summed E-state index contributed by atoms with van der Waals surface area (Å²) in [7, 11) is 1.79. The SMILES string of the molecule is CC(C)c1nn(-c2ccccc2)cc1CNC(=O)c1cnn(C)c1. The van der Waals surface area contributed by atoms with Crippen LogP contribution in [0.5, 0.6) is 0 Å². The van der Waals surface area contributed by atoms with Gasteiger partial charge in [0, 0.05) is 31.5 Å². The predicted molar refractivity (Wildman–Crippen MR) is 92.0 cm³/mol. The lowest BCUT2D eigenvalue weighted by atomic mass is 10.1. The Balaban J connectivity index is 1.79. The lowest BCUT2D eigenvalue weighted by molar-refractivity contribution is 0.0950. The molecule has 0 aliphatic rings. The largest absolute Gasteiger partial charge is 0.348 e. The summed E-state index contributed by atoms with van der Waals surface area (Å²) >= 11 is 0. The monoisotopic (exact) mass is 323 g/mol. The van der Waals surface area contributed by atoms with Crippen molar-refractivity contribution in [3.63, 3.8) is 0 Å². The Labute approximate surface area is 141 Å². The third-order valence-corrected chi connectivity index (χ3v) is 3.80. The molecule has 124 valence electrons. The fraction of sp³-hybridized carbons (Fsp3) is 0.278. The van der Waals surface area contributed by atoms with E-state index in [0.717, 1.165) is 16.9 Å². The fourth-order valence-electron chi connectivity index (χ4n) is 2.57. The highest BCUT2D eigenvalue weighted by Crippen LogP contribution is 2.20. The molecule has 0 unspecified atom stereocenters. The standard InChI is InChI=1S/C18H21N5O/c1-13(2)17-14(9-19-18(24)15-10-20-22(3)11-15)12-23(21-17)16-7-5-4-6-8-16/h4-8,10-13H,9H2,1-3H3,(H,19,24). The molecule has 24 heavy (non-hydrogen) atoms. The summed E-state index contributed by atoms with van der Waals surface area (Å²) in [4.78, 5) is 12.2. The summed E-state index contributed by atoms with van der Waals surface area (Å²) in [5.74, 6) is 0.144. The second-order valence-corrected chi connectivity index (χ2v) is 6.06. The van der Waals surface area contributed by atoms with E-state index < -0.39 is 0 Å². The van der Waals surface area contributed by atoms with Crippen molar-refractivity contribution in [3.8, 4) is 5.69 Å². The van der Waals surface area contributed by atoms with Crippen molar-refractivity contribution in [1.82, 2.24) is 24.9 Å². The highest BCUT2D eigenvalue weighted by Gasteiger charge is 2.15. The minimum absolute atomic E-state index is 0.134. The first-order chi connectivity index (χ1) is 11.5. The lowest BCUT2D eigenvalue weighted by Crippen LogP contribution is -2.22. The van der Waals surface area contributed by atoms with Gasteiger partial charge in [0.2, 0.25) is 0 Å². The van der Waals surface area contributed by atoms with Crippen LogP contribution in [0.25, 0.3) is 5.69 Å². The molecular formula is C18H21N5O. The van der Waals surface area contributed by atoms with Crippen molar-refractivity contribution < 1.29 is 4.79 Å². The molecule has 6 heteroatoms. The molecule has 0 atom stereocenters. The van der Waals surface area contributed by atoms with Gasteiger partial charge in [0.1, 0.15) is 0 Å². The Bertz CT molecular complexity index is 832. The van der Waals surface area contributed by atoms with Crippen LogP contribution in [0.3, 0.4) is 0 Å². The van der Waals surface area contributed by atoms with E-state index in [4.69, 9.17) is 0 Å². The van der Waals surface area contributed by atoms with Gasteiger partial charge in [0.25, 0.3) is 5.91 Å². The maximum atomic E-state index is 12.2. The summed E-state index contributed by atoms with van der Waals surface area (Å²) in [6, 6.07) is 9.96. The molecule has 3 aromatic rings. The number of rotatable bonds is 5. The van der Waals surface area contributed by atoms with Crippen LogP contribution in [0.4, 0.5) is 0 Å². The van der Waals surface area contributed by atoms with Crippen molar-refractivity contribution in [2.75, 3.05) is 0 Å². The molecule has 0 aliphatic carbocycles. The van der Waals surface area contributed by atoms with Gasteiger partial charge in [-0.1, -0.05) is 32.0 Å². The maximum Gasteiger partial charge on any atom is 0.254 e. The zero-order chi connectivity index (χ0) is 17.1. The van der Waals surface area contributed by atoms with E-state index in [-0.39, 0.29) is 11.8 Å². The van der Waals surface area contributed by atoms with E-state index in [0.29, 0.717) is 12.1 Å². The lowest BCUT2D eigenvalue weighted by Gasteiger charge is -2.06. The van der Waals surface area contributed by atoms with Gasteiger partial charge in [-0.25, -0.2) is 4.68 Å². The van der Waals surface area contributed by atoms with Gasteiger partial charge in [0.05, 0.1) is 23.1 Å². The van der Waals surface area contributed by atoms with E-state index in [9.17, 15) is 4.79 Å². The molecule has 0 bridgehead atoms. The Kier molecular flexibility index (Phi) is 4.46. The van der Waals surface area contributed by atoms with Gasteiger partial charge in [-0.3, -0.25) is 9.48 Å². The molecule has 0 saturated heterocycles. The fourth-order valence-corrected chi connectivity index (χ4v) is 2.57. The summed E-state index contributed by atoms with van der Waals surface area (Å²) < 4.78 is 3.47. The molecule has 1 aromatic carbocycles. The summed E-state index contributed by atoms with van der Waals surface area (Å²) in [5, 5.41) is 11.6. The van der Waals surface area contributed by atoms with Crippen molar-refractivity contribution in [2.45, 2.75) is 26.3 Å². The molecule has 0 fully saturated rings. The van der Waals surface area contributed by atoms with Crippen LogP contribution in [0, 0.1) is 0 Å². The molecule has 6 nitrogen and oxygen atoms in total. The molecule has 2 heterocycles. The number of amides is 1. The van der Waals surface area contributed by atoms with E-state index in [2.05, 4.69) is 29.4 Å². The van der Waals surface area contributed by atoms with Crippen molar-refractivity contribution in [3.05, 3.63) is 65.7 Å². The van der Waals surface area contributed by atoms with Crippen LogP contribution >= 0.6 is 0 Å². The highest BCUT2D eigenvalue weighted by molar-refractivity contribution is 5.93. The molecule has 1 N–H and O–H groups in total. The minimum Gasteiger partial charge on any atom is -0.348 e. The highest BCUT2D eigenvalue weighted by atomic mass is 16.1. The van der Waals surface area contributed by atoms with Gasteiger partial charge in [-0.05, 0) is 18.1 Å². The maximum absolute atomic E-state index is 12.2. The number of carbonyl (C=O) groups excluding carboxylic acids is 1. The predicted octanol–water partition coefficient (Wildman–Crippen LogP) is 2.66. The molecule has 1 amide bonds. The van der Waals surface area contributed by atoms with Gasteiger partial charge < -0.3 is 5.32 Å². The number of carbonyl (C=O) groups is 1. The van der Waals surface area contributed by atoms with Gasteiger partial charge in [-0.2, -0.15) is 10.2 Å². The molecular weight excluding hydrogens is 302 g/mol. The normalized spacial score (nSPS) is 11.0. The van der Waals surface area contributed by atoms with Crippen LogP contribution in [0.15, 0.2) is 48.9 Å². The third kappa shape index (κ3) is 3.37. The summed E-state index contributed by atoms with van der Waals surface area (Å²) in [6.07, 6.45) is 5.24. The van der Waals surface area contributed by atoms with Crippen molar-refractivity contribution in [1.29, 1.82) is 0 Å². The zero-order valence-corrected chi connectivity index (χ0v) is 14.1.